The smallest absolute Gasteiger partial charge is 0.266 e. The number of hydrogen-bond acceptors (Lipinski definition) is 6. The molecular formula is C16H17BrN6O2S. The Morgan fingerprint density at radius 3 is 3.00 bits per heavy atom. The van der Waals surface area contributed by atoms with Crippen LogP contribution in [-0.2, 0) is 31.2 Å². The Labute approximate surface area is 161 Å². The van der Waals surface area contributed by atoms with Gasteiger partial charge in [0, 0.05) is 11.9 Å². The summed E-state index contributed by atoms with van der Waals surface area (Å²) in [6.07, 6.45) is 6.91. The fourth-order valence-corrected chi connectivity index (χ4v) is 4.79. The first-order valence-corrected chi connectivity index (χ1v) is 10.00. The summed E-state index contributed by atoms with van der Waals surface area (Å²) in [5.74, 6) is -0.294. The van der Waals surface area contributed by atoms with Gasteiger partial charge in [0.25, 0.3) is 5.56 Å². The van der Waals surface area contributed by atoms with Crippen LogP contribution in [-0.4, -0.2) is 30.2 Å². The first-order chi connectivity index (χ1) is 12.5. The number of anilines is 1. The van der Waals surface area contributed by atoms with Gasteiger partial charge in [-0.15, -0.1) is 11.3 Å². The second kappa shape index (κ2) is 6.92. The molecule has 136 valence electrons. The van der Waals surface area contributed by atoms with E-state index in [-0.39, 0.29) is 18.0 Å². The Kier molecular flexibility index (Phi) is 4.62. The monoisotopic (exact) mass is 436 g/mol. The van der Waals surface area contributed by atoms with Gasteiger partial charge in [-0.25, -0.2) is 14.6 Å². The van der Waals surface area contributed by atoms with Crippen LogP contribution in [0.1, 0.15) is 29.8 Å². The minimum atomic E-state index is -0.306. The molecule has 0 aliphatic heterocycles. The Bertz CT molecular complexity index is 1030. The van der Waals surface area contributed by atoms with Crippen molar-refractivity contribution in [3.05, 3.63) is 31.9 Å². The maximum Gasteiger partial charge on any atom is 0.266 e. The molecule has 0 radical (unpaired) electrons. The SMILES string of the molecule is Cn1nc(Br)c2c(=O)n(CC(=O)Nc3nc4c(s3)CCCCC4)cnc21. The highest BCUT2D eigenvalue weighted by Crippen LogP contribution is 2.28. The van der Waals surface area contributed by atoms with Gasteiger partial charge >= 0.3 is 0 Å². The molecule has 1 aliphatic carbocycles. The minimum absolute atomic E-state index is 0.118. The van der Waals surface area contributed by atoms with Gasteiger partial charge in [0.05, 0.1) is 5.69 Å². The molecule has 1 amide bonds. The molecule has 4 rings (SSSR count). The highest BCUT2D eigenvalue weighted by Gasteiger charge is 2.17. The Morgan fingerprint density at radius 1 is 1.35 bits per heavy atom. The summed E-state index contributed by atoms with van der Waals surface area (Å²) in [6, 6.07) is 0. The largest absolute Gasteiger partial charge is 0.300 e. The molecule has 26 heavy (non-hydrogen) atoms. The van der Waals surface area contributed by atoms with Crippen molar-refractivity contribution in [2.24, 2.45) is 7.05 Å². The second-order valence-electron chi connectivity index (χ2n) is 6.29. The predicted molar refractivity (Wildman–Crippen MR) is 102 cm³/mol. The third-order valence-corrected chi connectivity index (χ3v) is 6.05. The van der Waals surface area contributed by atoms with Crippen LogP contribution in [0.4, 0.5) is 5.13 Å². The van der Waals surface area contributed by atoms with Crippen LogP contribution in [0.25, 0.3) is 11.0 Å². The van der Waals surface area contributed by atoms with E-state index >= 15 is 0 Å². The van der Waals surface area contributed by atoms with Gasteiger partial charge in [-0.05, 0) is 41.6 Å². The lowest BCUT2D eigenvalue weighted by molar-refractivity contribution is -0.116. The number of rotatable bonds is 3. The van der Waals surface area contributed by atoms with E-state index < -0.39 is 0 Å². The van der Waals surface area contributed by atoms with Crippen molar-refractivity contribution in [2.45, 2.75) is 38.6 Å². The fourth-order valence-electron chi connectivity index (χ4n) is 3.14. The molecule has 1 N–H and O–H groups in total. The van der Waals surface area contributed by atoms with Crippen molar-refractivity contribution in [3.8, 4) is 0 Å². The van der Waals surface area contributed by atoms with Crippen LogP contribution in [0.5, 0.6) is 0 Å². The maximum absolute atomic E-state index is 12.6. The standard InChI is InChI=1S/C16H17BrN6O2S/c1-22-14-12(13(17)21-22)15(25)23(8-18-14)7-11(24)20-16-19-9-5-3-2-4-6-10(9)26-16/h8H,2-7H2,1H3,(H,19,20,24). The number of amides is 1. The van der Waals surface area contributed by atoms with Crippen molar-refractivity contribution in [1.82, 2.24) is 24.3 Å². The van der Waals surface area contributed by atoms with Crippen LogP contribution < -0.4 is 10.9 Å². The van der Waals surface area contributed by atoms with Crippen molar-refractivity contribution in [1.29, 1.82) is 0 Å². The summed E-state index contributed by atoms with van der Waals surface area (Å²) in [4.78, 5) is 35.0. The van der Waals surface area contributed by atoms with Gasteiger partial charge in [0.1, 0.15) is 22.9 Å². The molecule has 0 saturated carbocycles. The maximum atomic E-state index is 12.6. The van der Waals surface area contributed by atoms with Crippen molar-refractivity contribution < 1.29 is 4.79 Å². The summed E-state index contributed by atoms with van der Waals surface area (Å²) >= 11 is 4.80. The number of fused-ring (bicyclic) bond motifs is 2. The lowest BCUT2D eigenvalue weighted by Crippen LogP contribution is -2.28. The van der Waals surface area contributed by atoms with E-state index in [2.05, 4.69) is 36.3 Å². The van der Waals surface area contributed by atoms with E-state index in [0.29, 0.717) is 20.8 Å². The van der Waals surface area contributed by atoms with E-state index in [1.165, 1.54) is 44.6 Å². The van der Waals surface area contributed by atoms with E-state index in [1.807, 2.05) is 0 Å². The first-order valence-electron chi connectivity index (χ1n) is 8.39. The molecule has 0 atom stereocenters. The van der Waals surface area contributed by atoms with Crippen LogP contribution in [0.3, 0.4) is 0 Å². The Morgan fingerprint density at radius 2 is 2.15 bits per heavy atom. The summed E-state index contributed by atoms with van der Waals surface area (Å²) in [6.45, 7) is -0.118. The predicted octanol–water partition coefficient (Wildman–Crippen LogP) is 2.26. The number of carbonyl (C=O) groups excluding carboxylic acids is 1. The normalized spacial score (nSPS) is 14.2. The van der Waals surface area contributed by atoms with Crippen molar-refractivity contribution in [2.75, 3.05) is 5.32 Å². The lowest BCUT2D eigenvalue weighted by atomic mass is 10.2. The zero-order chi connectivity index (χ0) is 18.3. The topological polar surface area (TPSA) is 94.7 Å². The summed E-state index contributed by atoms with van der Waals surface area (Å²) < 4.78 is 3.22. The Balaban J connectivity index is 1.54. The minimum Gasteiger partial charge on any atom is -0.300 e. The summed E-state index contributed by atoms with van der Waals surface area (Å²) in [5.41, 5.74) is 1.27. The zero-order valence-corrected chi connectivity index (χ0v) is 16.6. The van der Waals surface area contributed by atoms with E-state index in [1.54, 1.807) is 7.05 Å². The molecule has 0 fully saturated rings. The number of thiazole rings is 1. The number of aromatic nitrogens is 5. The second-order valence-corrected chi connectivity index (χ2v) is 8.12. The molecule has 3 heterocycles. The van der Waals surface area contributed by atoms with Crippen molar-refractivity contribution >= 4 is 49.3 Å². The van der Waals surface area contributed by atoms with E-state index in [0.717, 1.165) is 25.0 Å². The summed E-state index contributed by atoms with van der Waals surface area (Å²) in [5, 5.41) is 7.91. The van der Waals surface area contributed by atoms with Crippen LogP contribution in [0.15, 0.2) is 15.7 Å². The van der Waals surface area contributed by atoms with Gasteiger partial charge < -0.3 is 5.32 Å². The molecule has 1 aliphatic rings. The van der Waals surface area contributed by atoms with Crippen LogP contribution >= 0.6 is 27.3 Å². The fraction of sp³-hybridized carbons (Fsp3) is 0.438. The molecule has 3 aromatic heterocycles. The zero-order valence-electron chi connectivity index (χ0n) is 14.2. The molecular weight excluding hydrogens is 420 g/mol. The number of nitrogens with one attached hydrogen (secondary N) is 1. The molecule has 0 saturated heterocycles. The Hall–Kier alpha value is -2.07. The average Bonchev–Trinajstić information content (AvgIpc) is 3.02. The quantitative estimate of drug-likeness (QED) is 0.635. The molecule has 0 unspecified atom stereocenters. The number of nitrogens with zero attached hydrogens (tertiary/aromatic N) is 5. The molecule has 10 heteroatoms. The number of halogens is 1. The van der Waals surface area contributed by atoms with Gasteiger partial charge in [-0.3, -0.25) is 14.2 Å². The first kappa shape index (κ1) is 17.3. The third-order valence-electron chi connectivity index (χ3n) is 4.42. The van der Waals surface area contributed by atoms with Gasteiger partial charge in [0.15, 0.2) is 10.8 Å². The van der Waals surface area contributed by atoms with Crippen molar-refractivity contribution in [3.63, 3.8) is 0 Å². The van der Waals surface area contributed by atoms with Gasteiger partial charge in [-0.2, -0.15) is 5.10 Å². The number of aryl methyl sites for hydroxylation is 3. The molecule has 8 nitrogen and oxygen atoms in total. The van der Waals surface area contributed by atoms with Crippen LogP contribution in [0, 0.1) is 0 Å². The van der Waals surface area contributed by atoms with E-state index in [9.17, 15) is 9.59 Å². The summed E-state index contributed by atoms with van der Waals surface area (Å²) in [7, 11) is 1.71. The average molecular weight is 437 g/mol. The number of hydrogen-bond donors (Lipinski definition) is 1. The van der Waals surface area contributed by atoms with Crippen LogP contribution in [0.2, 0.25) is 0 Å². The van der Waals surface area contributed by atoms with E-state index in [4.69, 9.17) is 0 Å². The van der Waals surface area contributed by atoms with Gasteiger partial charge in [0.2, 0.25) is 5.91 Å². The molecule has 3 aromatic rings. The van der Waals surface area contributed by atoms with Gasteiger partial charge in [-0.1, -0.05) is 6.42 Å². The highest BCUT2D eigenvalue weighted by molar-refractivity contribution is 9.10. The molecule has 0 aromatic carbocycles. The highest BCUT2D eigenvalue weighted by atomic mass is 79.9. The third kappa shape index (κ3) is 3.18. The molecule has 0 bridgehead atoms. The number of carbonyl (C=O) groups is 1. The molecule has 0 spiro atoms. The lowest BCUT2D eigenvalue weighted by Gasteiger charge is -2.05.